The topological polar surface area (TPSA) is 46.5 Å². The number of aliphatic hydroxyl groups is 1. The first-order chi connectivity index (χ1) is 7.71. The molecule has 2 aliphatic rings. The smallest absolute Gasteiger partial charge is 0.315 e. The Morgan fingerprint density at radius 1 is 1.50 bits per heavy atom. The lowest BCUT2D eigenvalue weighted by atomic mass is 9.97. The van der Waals surface area contributed by atoms with Crippen LogP contribution in [0.1, 0.15) is 36.5 Å². The van der Waals surface area contributed by atoms with E-state index in [9.17, 15) is 9.90 Å². The second-order valence-electron chi connectivity index (χ2n) is 4.55. The molecule has 3 heteroatoms. The normalized spacial score (nSPS) is 34.1. The summed E-state index contributed by atoms with van der Waals surface area (Å²) in [6.45, 7) is 2.16. The number of rotatable bonds is 2. The van der Waals surface area contributed by atoms with E-state index in [4.69, 9.17) is 4.74 Å². The van der Waals surface area contributed by atoms with E-state index < -0.39 is 11.5 Å². The minimum atomic E-state index is -0.687. The molecule has 1 fully saturated rings. The van der Waals surface area contributed by atoms with Crippen molar-refractivity contribution >= 4 is 5.97 Å². The van der Waals surface area contributed by atoms with Crippen LogP contribution in [0.4, 0.5) is 0 Å². The van der Waals surface area contributed by atoms with Crippen LogP contribution in [0, 0.1) is 5.41 Å². The number of aliphatic hydroxyl groups excluding tert-OH is 1. The van der Waals surface area contributed by atoms with Gasteiger partial charge in [0.15, 0.2) is 0 Å². The maximum absolute atomic E-state index is 11.9. The first-order valence-electron chi connectivity index (χ1n) is 5.66. The summed E-state index contributed by atoms with van der Waals surface area (Å²) in [4.78, 5) is 11.9. The fraction of sp³-hybridized carbons (Fsp3) is 0.462. The van der Waals surface area contributed by atoms with Gasteiger partial charge in [0.25, 0.3) is 0 Å². The molecule has 0 spiro atoms. The Hall–Kier alpha value is -1.35. The average Bonchev–Trinajstić information content (AvgIpc) is 3.00. The molecule has 84 valence electrons. The number of ether oxygens (including phenoxy) is 1. The van der Waals surface area contributed by atoms with Crippen molar-refractivity contribution in [3.63, 3.8) is 0 Å². The first-order valence-corrected chi connectivity index (χ1v) is 5.66. The van der Waals surface area contributed by atoms with Gasteiger partial charge in [0.1, 0.15) is 5.41 Å². The van der Waals surface area contributed by atoms with Gasteiger partial charge in [-0.05, 0) is 24.5 Å². The zero-order valence-electron chi connectivity index (χ0n) is 9.14. The van der Waals surface area contributed by atoms with E-state index in [0.717, 1.165) is 17.5 Å². The van der Waals surface area contributed by atoms with E-state index in [0.29, 0.717) is 6.61 Å². The molecule has 16 heavy (non-hydrogen) atoms. The van der Waals surface area contributed by atoms with Gasteiger partial charge in [-0.25, -0.2) is 0 Å². The van der Waals surface area contributed by atoms with Crippen molar-refractivity contribution in [1.29, 1.82) is 0 Å². The summed E-state index contributed by atoms with van der Waals surface area (Å²) in [5.74, 6) is -0.0820. The summed E-state index contributed by atoms with van der Waals surface area (Å²) in [6.07, 6.45) is 0.0389. The summed E-state index contributed by atoms with van der Waals surface area (Å²) < 4.78 is 5.07. The number of esters is 1. The largest absolute Gasteiger partial charge is 0.465 e. The van der Waals surface area contributed by atoms with Crippen LogP contribution in [0.3, 0.4) is 0 Å². The Labute approximate surface area is 94.0 Å². The minimum absolute atomic E-state index is 0.165. The molecule has 1 aromatic carbocycles. The Morgan fingerprint density at radius 3 is 2.81 bits per heavy atom. The van der Waals surface area contributed by atoms with Gasteiger partial charge in [0.05, 0.1) is 12.7 Å². The van der Waals surface area contributed by atoms with Crippen LogP contribution in [0.5, 0.6) is 0 Å². The van der Waals surface area contributed by atoms with Gasteiger partial charge >= 0.3 is 5.97 Å². The third-order valence-corrected chi connectivity index (χ3v) is 3.81. The zero-order valence-corrected chi connectivity index (χ0v) is 9.14. The number of carbonyl (C=O) groups excluding carboxylic acids is 1. The molecule has 0 saturated heterocycles. The van der Waals surface area contributed by atoms with Crippen molar-refractivity contribution in [1.82, 2.24) is 0 Å². The lowest BCUT2D eigenvalue weighted by Crippen LogP contribution is -2.24. The maximum atomic E-state index is 11.9. The predicted molar refractivity (Wildman–Crippen MR) is 57.8 cm³/mol. The van der Waals surface area contributed by atoms with Crippen molar-refractivity contribution in [2.45, 2.75) is 25.4 Å². The van der Waals surface area contributed by atoms with Gasteiger partial charge < -0.3 is 9.84 Å². The number of hydrogen-bond donors (Lipinski definition) is 1. The standard InChI is InChI=1S/C13H14O3/c1-2-16-12(15)13-7-10(13)8-5-3-4-6-9(8)11(13)14/h3-6,10-11,14H,2,7H2,1H3/t10-,11+,13+/m1/s1. The minimum Gasteiger partial charge on any atom is -0.465 e. The fourth-order valence-electron chi connectivity index (χ4n) is 2.93. The van der Waals surface area contributed by atoms with Crippen LogP contribution < -0.4 is 0 Å². The molecule has 0 aromatic heterocycles. The third kappa shape index (κ3) is 0.990. The van der Waals surface area contributed by atoms with Crippen LogP contribution in [0.25, 0.3) is 0 Å². The quantitative estimate of drug-likeness (QED) is 0.769. The second kappa shape index (κ2) is 3.08. The van der Waals surface area contributed by atoms with E-state index in [2.05, 4.69) is 0 Å². The lowest BCUT2D eigenvalue weighted by molar-refractivity contribution is -0.154. The van der Waals surface area contributed by atoms with E-state index in [-0.39, 0.29) is 11.9 Å². The SMILES string of the molecule is CCOC(=O)[C@@]12C[C@@H]1c1ccccc1[C@@H]2O. The highest BCUT2D eigenvalue weighted by Gasteiger charge is 2.70. The van der Waals surface area contributed by atoms with Crippen LogP contribution in [-0.2, 0) is 9.53 Å². The molecule has 1 N–H and O–H groups in total. The third-order valence-electron chi connectivity index (χ3n) is 3.81. The Balaban J connectivity index is 1.99. The molecule has 0 bridgehead atoms. The van der Waals surface area contributed by atoms with E-state index in [1.165, 1.54) is 0 Å². The van der Waals surface area contributed by atoms with Gasteiger partial charge in [-0.1, -0.05) is 24.3 Å². The molecule has 3 rings (SSSR count). The van der Waals surface area contributed by atoms with Gasteiger partial charge in [0, 0.05) is 5.92 Å². The summed E-state index contributed by atoms with van der Waals surface area (Å²) in [7, 11) is 0. The van der Waals surface area contributed by atoms with Crippen molar-refractivity contribution in [2.75, 3.05) is 6.61 Å². The van der Waals surface area contributed by atoms with Gasteiger partial charge in [-0.2, -0.15) is 0 Å². The van der Waals surface area contributed by atoms with Crippen molar-refractivity contribution in [3.8, 4) is 0 Å². The average molecular weight is 218 g/mol. The second-order valence-corrected chi connectivity index (χ2v) is 4.55. The molecule has 0 unspecified atom stereocenters. The molecule has 0 amide bonds. The van der Waals surface area contributed by atoms with Crippen molar-refractivity contribution in [2.24, 2.45) is 5.41 Å². The molecule has 0 heterocycles. The fourth-order valence-corrected chi connectivity index (χ4v) is 2.93. The summed E-state index contributed by atoms with van der Waals surface area (Å²) in [5.41, 5.74) is 1.34. The molecule has 3 nitrogen and oxygen atoms in total. The van der Waals surface area contributed by atoms with E-state index in [1.54, 1.807) is 6.92 Å². The molecule has 0 aliphatic heterocycles. The van der Waals surface area contributed by atoms with E-state index >= 15 is 0 Å². The molecule has 2 aliphatic carbocycles. The predicted octanol–water partition coefficient (Wildman–Crippen LogP) is 1.77. The van der Waals surface area contributed by atoms with Crippen LogP contribution in [0.15, 0.2) is 24.3 Å². The summed E-state index contributed by atoms with van der Waals surface area (Å²) >= 11 is 0. The molecule has 1 saturated carbocycles. The zero-order chi connectivity index (χ0) is 11.3. The number of benzene rings is 1. The monoisotopic (exact) mass is 218 g/mol. The van der Waals surface area contributed by atoms with Crippen LogP contribution in [-0.4, -0.2) is 17.7 Å². The highest BCUT2D eigenvalue weighted by Crippen LogP contribution is 2.72. The van der Waals surface area contributed by atoms with Crippen LogP contribution >= 0.6 is 0 Å². The summed E-state index contributed by atoms with van der Waals surface area (Å²) in [5, 5.41) is 10.2. The van der Waals surface area contributed by atoms with Crippen molar-refractivity contribution in [3.05, 3.63) is 35.4 Å². The first kappa shape index (κ1) is 9.85. The van der Waals surface area contributed by atoms with Crippen LogP contribution in [0.2, 0.25) is 0 Å². The maximum Gasteiger partial charge on any atom is 0.315 e. The molecular formula is C13H14O3. The number of carbonyl (C=O) groups is 1. The molecule has 1 aromatic rings. The van der Waals surface area contributed by atoms with Gasteiger partial charge in [-0.15, -0.1) is 0 Å². The molecule has 3 atom stereocenters. The molecular weight excluding hydrogens is 204 g/mol. The number of hydrogen-bond acceptors (Lipinski definition) is 3. The Kier molecular flexibility index (Phi) is 1.89. The summed E-state index contributed by atoms with van der Waals surface area (Å²) in [6, 6.07) is 7.74. The lowest BCUT2D eigenvalue weighted by Gasteiger charge is -2.17. The number of fused-ring (bicyclic) bond motifs is 3. The highest BCUT2D eigenvalue weighted by atomic mass is 16.5. The Bertz CT molecular complexity index is 439. The highest BCUT2D eigenvalue weighted by molar-refractivity contribution is 5.85. The van der Waals surface area contributed by atoms with Crippen molar-refractivity contribution < 1.29 is 14.6 Å². The van der Waals surface area contributed by atoms with Gasteiger partial charge in [-0.3, -0.25) is 4.79 Å². The van der Waals surface area contributed by atoms with Gasteiger partial charge in [0.2, 0.25) is 0 Å². The molecule has 0 radical (unpaired) electrons. The Morgan fingerprint density at radius 2 is 2.19 bits per heavy atom. The van der Waals surface area contributed by atoms with E-state index in [1.807, 2.05) is 24.3 Å².